The highest BCUT2D eigenvalue weighted by Gasteiger charge is 2.14. The number of nitrogens with one attached hydrogen (secondary N) is 1. The van der Waals surface area contributed by atoms with Gasteiger partial charge < -0.3 is 9.55 Å². The summed E-state index contributed by atoms with van der Waals surface area (Å²) in [6.07, 6.45) is 11.6. The van der Waals surface area contributed by atoms with Crippen LogP contribution in [0.4, 0.5) is 0 Å². The molecule has 0 bridgehead atoms. The van der Waals surface area contributed by atoms with Crippen molar-refractivity contribution in [3.63, 3.8) is 0 Å². The molecular weight excluding hydrogens is 216 g/mol. The minimum atomic E-state index is 0.892. The highest BCUT2D eigenvalue weighted by atomic mass is 32.1. The maximum absolute atomic E-state index is 5.29. The van der Waals surface area contributed by atoms with Gasteiger partial charge in [-0.2, -0.15) is 0 Å². The van der Waals surface area contributed by atoms with Crippen LogP contribution in [0.1, 0.15) is 51.1 Å². The van der Waals surface area contributed by atoms with Gasteiger partial charge in [0.1, 0.15) is 0 Å². The molecule has 1 aliphatic rings. The third-order valence-electron chi connectivity index (χ3n) is 3.79. The summed E-state index contributed by atoms with van der Waals surface area (Å²) in [6, 6.07) is 0. The van der Waals surface area contributed by atoms with Crippen molar-refractivity contribution < 1.29 is 0 Å². The summed E-state index contributed by atoms with van der Waals surface area (Å²) < 4.78 is 3.16. The summed E-state index contributed by atoms with van der Waals surface area (Å²) in [7, 11) is 0. The smallest absolute Gasteiger partial charge is 0.177 e. The van der Waals surface area contributed by atoms with Crippen molar-refractivity contribution in [3.8, 4) is 0 Å². The monoisotopic (exact) mass is 238 g/mol. The summed E-state index contributed by atoms with van der Waals surface area (Å²) >= 11 is 5.29. The van der Waals surface area contributed by atoms with E-state index in [2.05, 4.69) is 22.7 Å². The predicted molar refractivity (Wildman–Crippen MR) is 70.2 cm³/mol. The second-order valence-corrected chi connectivity index (χ2v) is 5.27. The Morgan fingerprint density at radius 2 is 2.19 bits per heavy atom. The Morgan fingerprint density at radius 1 is 1.44 bits per heavy atom. The van der Waals surface area contributed by atoms with Crippen LogP contribution in [0.2, 0.25) is 0 Å². The second kappa shape index (κ2) is 5.67. The Morgan fingerprint density at radius 3 is 2.88 bits per heavy atom. The first-order valence-electron chi connectivity index (χ1n) is 6.58. The Labute approximate surface area is 103 Å². The Kier molecular flexibility index (Phi) is 4.22. The summed E-state index contributed by atoms with van der Waals surface area (Å²) in [5, 5.41) is 0. The molecule has 0 spiro atoms. The fourth-order valence-electron chi connectivity index (χ4n) is 2.81. The van der Waals surface area contributed by atoms with E-state index in [0.29, 0.717) is 0 Å². The molecule has 2 nitrogen and oxygen atoms in total. The molecule has 0 radical (unpaired) electrons. The minimum absolute atomic E-state index is 0.892. The molecule has 1 heterocycles. The lowest BCUT2D eigenvalue weighted by Gasteiger charge is -2.10. The molecular formula is C13H22N2S. The highest BCUT2D eigenvalue weighted by molar-refractivity contribution is 7.71. The maximum Gasteiger partial charge on any atom is 0.177 e. The average molecular weight is 238 g/mol. The van der Waals surface area contributed by atoms with Crippen molar-refractivity contribution in [1.29, 1.82) is 0 Å². The first kappa shape index (κ1) is 11.9. The van der Waals surface area contributed by atoms with Crippen molar-refractivity contribution in [2.75, 3.05) is 0 Å². The molecule has 90 valence electrons. The van der Waals surface area contributed by atoms with Gasteiger partial charge >= 0.3 is 0 Å². The number of hydrogen-bond donors (Lipinski definition) is 1. The largest absolute Gasteiger partial charge is 0.337 e. The molecule has 0 aromatic carbocycles. The van der Waals surface area contributed by atoms with Gasteiger partial charge in [0.2, 0.25) is 0 Å². The fourth-order valence-corrected chi connectivity index (χ4v) is 3.07. The molecule has 1 aliphatic carbocycles. The van der Waals surface area contributed by atoms with Crippen LogP contribution in [0.25, 0.3) is 0 Å². The molecule has 0 aliphatic heterocycles. The van der Waals surface area contributed by atoms with Gasteiger partial charge in [-0.3, -0.25) is 0 Å². The minimum Gasteiger partial charge on any atom is -0.337 e. The summed E-state index contributed by atoms with van der Waals surface area (Å²) in [6.45, 7) is 3.29. The highest BCUT2D eigenvalue weighted by Crippen LogP contribution is 2.28. The topological polar surface area (TPSA) is 20.7 Å². The van der Waals surface area contributed by atoms with Crippen LogP contribution in [0, 0.1) is 10.7 Å². The lowest BCUT2D eigenvalue weighted by molar-refractivity contribution is 0.454. The van der Waals surface area contributed by atoms with Gasteiger partial charge in [-0.15, -0.1) is 0 Å². The van der Waals surface area contributed by atoms with Crippen LogP contribution in [0.3, 0.4) is 0 Å². The van der Waals surface area contributed by atoms with Gasteiger partial charge in [0.25, 0.3) is 0 Å². The summed E-state index contributed by atoms with van der Waals surface area (Å²) in [5.74, 6) is 0.998. The molecule has 0 unspecified atom stereocenters. The lowest BCUT2D eigenvalue weighted by Crippen LogP contribution is -2.04. The van der Waals surface area contributed by atoms with Crippen molar-refractivity contribution in [2.24, 2.45) is 5.92 Å². The van der Waals surface area contributed by atoms with E-state index in [1.54, 1.807) is 0 Å². The third-order valence-corrected chi connectivity index (χ3v) is 4.12. The van der Waals surface area contributed by atoms with Crippen molar-refractivity contribution >= 4 is 12.2 Å². The standard InChI is InChI=1S/C13H22N2S/c1-2-12-10-14-13(16)15(12)9-5-8-11-6-3-4-7-11/h10-11H,2-9H2,1H3,(H,14,16). The molecule has 0 saturated heterocycles. The second-order valence-electron chi connectivity index (χ2n) is 4.88. The van der Waals surface area contributed by atoms with E-state index in [-0.39, 0.29) is 0 Å². The first-order valence-corrected chi connectivity index (χ1v) is 6.99. The van der Waals surface area contributed by atoms with Crippen LogP contribution < -0.4 is 0 Å². The molecule has 1 N–H and O–H groups in total. The van der Waals surface area contributed by atoms with Crippen LogP contribution in [0.15, 0.2) is 6.20 Å². The Hall–Kier alpha value is -0.570. The van der Waals surface area contributed by atoms with Crippen molar-refractivity contribution in [2.45, 2.75) is 58.4 Å². The lowest BCUT2D eigenvalue weighted by atomic mass is 10.0. The van der Waals surface area contributed by atoms with Crippen molar-refractivity contribution in [1.82, 2.24) is 9.55 Å². The number of imidazole rings is 1. The molecule has 16 heavy (non-hydrogen) atoms. The number of aromatic nitrogens is 2. The molecule has 1 aromatic rings. The SMILES string of the molecule is CCc1c[nH]c(=S)n1CCCC1CCCC1. The summed E-state index contributed by atoms with van der Waals surface area (Å²) in [4.78, 5) is 3.14. The van der Waals surface area contributed by atoms with Crippen LogP contribution in [0.5, 0.6) is 0 Å². The molecule has 1 fully saturated rings. The quantitative estimate of drug-likeness (QED) is 0.767. The van der Waals surface area contributed by atoms with E-state index < -0.39 is 0 Å². The zero-order valence-electron chi connectivity index (χ0n) is 10.2. The van der Waals surface area contributed by atoms with Crippen LogP contribution >= 0.6 is 12.2 Å². The van der Waals surface area contributed by atoms with E-state index in [9.17, 15) is 0 Å². The molecule has 0 atom stereocenters. The van der Waals surface area contributed by atoms with Gasteiger partial charge in [0.05, 0.1) is 0 Å². The zero-order valence-corrected chi connectivity index (χ0v) is 11.0. The molecule has 2 rings (SSSR count). The third kappa shape index (κ3) is 2.76. The fraction of sp³-hybridized carbons (Fsp3) is 0.769. The summed E-state index contributed by atoms with van der Waals surface area (Å²) in [5.41, 5.74) is 1.34. The van der Waals surface area contributed by atoms with Crippen LogP contribution in [-0.2, 0) is 13.0 Å². The molecule has 3 heteroatoms. The number of aryl methyl sites for hydroxylation is 1. The molecule has 1 aromatic heterocycles. The Balaban J connectivity index is 1.84. The van der Waals surface area contributed by atoms with E-state index in [0.717, 1.165) is 23.7 Å². The number of hydrogen-bond acceptors (Lipinski definition) is 1. The van der Waals surface area contributed by atoms with Gasteiger partial charge in [0.15, 0.2) is 4.77 Å². The number of H-pyrrole nitrogens is 1. The number of aromatic amines is 1. The maximum atomic E-state index is 5.29. The zero-order chi connectivity index (χ0) is 11.4. The van der Waals surface area contributed by atoms with Gasteiger partial charge in [-0.25, -0.2) is 0 Å². The van der Waals surface area contributed by atoms with Crippen molar-refractivity contribution in [3.05, 3.63) is 16.7 Å². The van der Waals surface area contributed by atoms with E-state index in [1.165, 1.54) is 44.2 Å². The predicted octanol–water partition coefficient (Wildman–Crippen LogP) is 4.08. The van der Waals surface area contributed by atoms with Gasteiger partial charge in [-0.05, 0) is 37.4 Å². The normalized spacial score (nSPS) is 17.1. The average Bonchev–Trinajstić information content (AvgIpc) is 2.90. The van der Waals surface area contributed by atoms with E-state index in [1.807, 2.05) is 0 Å². The van der Waals surface area contributed by atoms with Crippen LogP contribution in [-0.4, -0.2) is 9.55 Å². The van der Waals surface area contributed by atoms with Gasteiger partial charge in [0, 0.05) is 18.4 Å². The number of rotatable bonds is 5. The number of nitrogens with zero attached hydrogens (tertiary/aromatic N) is 1. The van der Waals surface area contributed by atoms with E-state index in [4.69, 9.17) is 12.2 Å². The Bertz CT molecular complexity index is 372. The molecule has 1 saturated carbocycles. The first-order chi connectivity index (χ1) is 7.81. The molecule has 0 amide bonds. The van der Waals surface area contributed by atoms with E-state index >= 15 is 0 Å². The van der Waals surface area contributed by atoms with Gasteiger partial charge in [-0.1, -0.05) is 32.6 Å².